The van der Waals surface area contributed by atoms with Crippen molar-refractivity contribution >= 4 is 29.7 Å². The van der Waals surface area contributed by atoms with E-state index >= 15 is 0 Å². The van der Waals surface area contributed by atoms with Gasteiger partial charge in [-0.3, -0.25) is 14.6 Å². The number of aliphatic imine (C=N–C) groups is 1. The van der Waals surface area contributed by atoms with Crippen LogP contribution in [0.15, 0.2) is 53.5 Å². The molecule has 2 aromatic carbocycles. The SMILES string of the molecule is Cc1cccc(C)c1C(=O)OCC(=O)[C@H](CCCCN)NC(=O)[C@@H](CCCN=C(N)N)NC(=O)OCc1ccccc1. The number of nitrogens with zero attached hydrogens (tertiary/aromatic N) is 1. The molecule has 0 aliphatic heterocycles. The molecule has 42 heavy (non-hydrogen) atoms. The zero-order chi connectivity index (χ0) is 30.9. The summed E-state index contributed by atoms with van der Waals surface area (Å²) in [5, 5.41) is 5.28. The summed E-state index contributed by atoms with van der Waals surface area (Å²) in [5.74, 6) is -1.78. The van der Waals surface area contributed by atoms with Gasteiger partial charge in [0.05, 0.1) is 11.6 Å². The molecule has 228 valence electrons. The molecule has 12 heteroatoms. The summed E-state index contributed by atoms with van der Waals surface area (Å²) < 4.78 is 10.6. The smallest absolute Gasteiger partial charge is 0.408 e. The number of alkyl carbamates (subject to hydrolysis) is 1. The number of aryl methyl sites for hydroxylation is 2. The summed E-state index contributed by atoms with van der Waals surface area (Å²) >= 11 is 0. The van der Waals surface area contributed by atoms with Crippen molar-refractivity contribution in [3.05, 3.63) is 70.8 Å². The van der Waals surface area contributed by atoms with Crippen LogP contribution in [0.4, 0.5) is 4.79 Å². The first kappa shape index (κ1) is 33.8. The maximum Gasteiger partial charge on any atom is 0.408 e. The van der Waals surface area contributed by atoms with E-state index in [9.17, 15) is 19.2 Å². The molecule has 2 rings (SSSR count). The molecule has 2 atom stereocenters. The zero-order valence-electron chi connectivity index (χ0n) is 24.3. The lowest BCUT2D eigenvalue weighted by Crippen LogP contribution is -2.52. The molecule has 0 aromatic heterocycles. The fraction of sp³-hybridized carbons (Fsp3) is 0.433. The first-order valence-corrected chi connectivity index (χ1v) is 13.9. The number of amides is 2. The van der Waals surface area contributed by atoms with Gasteiger partial charge in [-0.1, -0.05) is 48.5 Å². The van der Waals surface area contributed by atoms with E-state index in [4.69, 9.17) is 26.7 Å². The number of carbonyl (C=O) groups is 4. The van der Waals surface area contributed by atoms with Crippen molar-refractivity contribution < 1.29 is 28.7 Å². The van der Waals surface area contributed by atoms with E-state index in [1.54, 1.807) is 38.1 Å². The Labute approximate surface area is 246 Å². The van der Waals surface area contributed by atoms with Crippen LogP contribution in [0.25, 0.3) is 0 Å². The van der Waals surface area contributed by atoms with Gasteiger partial charge in [-0.15, -0.1) is 0 Å². The van der Waals surface area contributed by atoms with Crippen molar-refractivity contribution in [2.75, 3.05) is 19.7 Å². The lowest BCUT2D eigenvalue weighted by atomic mass is 10.0. The van der Waals surface area contributed by atoms with E-state index in [2.05, 4.69) is 15.6 Å². The Morgan fingerprint density at radius 1 is 0.833 bits per heavy atom. The summed E-state index contributed by atoms with van der Waals surface area (Å²) in [6, 6.07) is 12.5. The average Bonchev–Trinajstić information content (AvgIpc) is 2.96. The quantitative estimate of drug-likeness (QED) is 0.0800. The molecule has 0 spiro atoms. The molecule has 0 fully saturated rings. The van der Waals surface area contributed by atoms with E-state index in [0.717, 1.165) is 16.7 Å². The largest absolute Gasteiger partial charge is 0.454 e. The number of hydrogen-bond donors (Lipinski definition) is 5. The van der Waals surface area contributed by atoms with Crippen molar-refractivity contribution in [2.45, 2.75) is 64.6 Å². The van der Waals surface area contributed by atoms with E-state index in [0.29, 0.717) is 31.4 Å². The van der Waals surface area contributed by atoms with Crippen molar-refractivity contribution in [1.29, 1.82) is 0 Å². The molecule has 0 saturated carbocycles. The topological polar surface area (TPSA) is 201 Å². The van der Waals surface area contributed by atoms with Crippen LogP contribution in [0, 0.1) is 13.8 Å². The first-order valence-electron chi connectivity index (χ1n) is 13.9. The lowest BCUT2D eigenvalue weighted by molar-refractivity contribution is -0.130. The predicted octanol–water partition coefficient (Wildman–Crippen LogP) is 1.99. The van der Waals surface area contributed by atoms with Gasteiger partial charge < -0.3 is 37.3 Å². The van der Waals surface area contributed by atoms with Crippen molar-refractivity contribution in [2.24, 2.45) is 22.2 Å². The zero-order valence-corrected chi connectivity index (χ0v) is 24.3. The fourth-order valence-corrected chi connectivity index (χ4v) is 4.20. The standard InChI is InChI=1S/C30H42N6O6/c1-20-10-8-11-21(2)26(20)28(39)41-19-25(37)23(14-6-7-16-31)35-27(38)24(15-9-17-34-29(32)33)36-30(40)42-18-22-12-4-3-5-13-22/h3-5,8,10-13,23-24H,6-7,9,14-19,31H2,1-2H3,(H,35,38)(H,36,40)(H4,32,33,34)/t23-,24+/m0/s1. The Morgan fingerprint density at radius 3 is 2.14 bits per heavy atom. The monoisotopic (exact) mass is 582 g/mol. The Kier molecular flexibility index (Phi) is 14.5. The van der Waals surface area contributed by atoms with Crippen molar-refractivity contribution in [3.8, 4) is 0 Å². The van der Waals surface area contributed by atoms with Gasteiger partial charge in [-0.05, 0) is 69.2 Å². The van der Waals surface area contributed by atoms with E-state index in [1.807, 2.05) is 24.3 Å². The van der Waals surface area contributed by atoms with Crippen LogP contribution in [0.1, 0.15) is 59.2 Å². The molecule has 0 saturated heterocycles. The number of ether oxygens (including phenoxy) is 2. The highest BCUT2D eigenvalue weighted by Crippen LogP contribution is 2.15. The summed E-state index contributed by atoms with van der Waals surface area (Å²) in [5.41, 5.74) is 19.0. The number of hydrogen-bond acceptors (Lipinski definition) is 8. The van der Waals surface area contributed by atoms with Gasteiger partial charge >= 0.3 is 12.1 Å². The number of unbranched alkanes of at least 4 members (excludes halogenated alkanes) is 1. The van der Waals surface area contributed by atoms with Crippen LogP contribution in [-0.2, 0) is 25.7 Å². The number of nitrogens with two attached hydrogens (primary N) is 3. The highest BCUT2D eigenvalue weighted by Gasteiger charge is 2.28. The molecule has 0 radical (unpaired) electrons. The Hall–Kier alpha value is -4.45. The average molecular weight is 583 g/mol. The van der Waals surface area contributed by atoms with Gasteiger partial charge in [0.25, 0.3) is 0 Å². The number of guanidine groups is 1. The number of rotatable bonds is 17. The normalized spacial score (nSPS) is 12.0. The third kappa shape index (κ3) is 12.0. The van der Waals surface area contributed by atoms with Crippen LogP contribution in [0.2, 0.25) is 0 Å². The van der Waals surface area contributed by atoms with Crippen LogP contribution >= 0.6 is 0 Å². The van der Waals surface area contributed by atoms with Gasteiger partial charge in [-0.25, -0.2) is 9.59 Å². The number of benzene rings is 2. The van der Waals surface area contributed by atoms with Gasteiger partial charge in [0, 0.05) is 6.54 Å². The summed E-state index contributed by atoms with van der Waals surface area (Å²) in [4.78, 5) is 55.6. The molecule has 0 heterocycles. The third-order valence-corrected chi connectivity index (χ3v) is 6.45. The second-order valence-corrected chi connectivity index (χ2v) is 9.86. The molecule has 0 aliphatic rings. The number of carbonyl (C=O) groups excluding carboxylic acids is 4. The van der Waals surface area contributed by atoms with Gasteiger partial charge in [0.1, 0.15) is 12.6 Å². The molecule has 2 amide bonds. The molecule has 2 aromatic rings. The van der Waals surface area contributed by atoms with Gasteiger partial charge in [0.2, 0.25) is 5.91 Å². The Morgan fingerprint density at radius 2 is 1.50 bits per heavy atom. The minimum Gasteiger partial charge on any atom is -0.454 e. The first-order chi connectivity index (χ1) is 20.1. The van der Waals surface area contributed by atoms with Crippen molar-refractivity contribution in [3.63, 3.8) is 0 Å². The second-order valence-electron chi connectivity index (χ2n) is 9.86. The maximum absolute atomic E-state index is 13.3. The van der Waals surface area contributed by atoms with Crippen LogP contribution in [-0.4, -0.2) is 61.5 Å². The highest BCUT2D eigenvalue weighted by molar-refractivity contribution is 5.96. The molecule has 12 nitrogen and oxygen atoms in total. The molecule has 0 bridgehead atoms. The number of ketones is 1. The van der Waals surface area contributed by atoms with E-state index in [-0.39, 0.29) is 32.0 Å². The van der Waals surface area contributed by atoms with Crippen LogP contribution in [0.3, 0.4) is 0 Å². The summed E-state index contributed by atoms with van der Waals surface area (Å²) in [7, 11) is 0. The molecule has 0 unspecified atom stereocenters. The highest BCUT2D eigenvalue weighted by atomic mass is 16.5. The number of Topliss-reactive ketones (excluding diaryl/α,β-unsaturated/α-hetero) is 1. The maximum atomic E-state index is 13.3. The van der Waals surface area contributed by atoms with Crippen molar-refractivity contribution in [1.82, 2.24) is 10.6 Å². The Bertz CT molecular complexity index is 1200. The minimum absolute atomic E-state index is 0.0148. The molecular formula is C30H42N6O6. The fourth-order valence-electron chi connectivity index (χ4n) is 4.20. The lowest BCUT2D eigenvalue weighted by Gasteiger charge is -2.23. The predicted molar refractivity (Wildman–Crippen MR) is 160 cm³/mol. The number of esters is 1. The van der Waals surface area contributed by atoms with Crippen LogP contribution in [0.5, 0.6) is 0 Å². The summed E-state index contributed by atoms with van der Waals surface area (Å²) in [6.45, 7) is 3.71. The number of nitrogens with one attached hydrogen (secondary N) is 2. The van der Waals surface area contributed by atoms with E-state index in [1.165, 1.54) is 0 Å². The molecular weight excluding hydrogens is 540 g/mol. The summed E-state index contributed by atoms with van der Waals surface area (Å²) in [6.07, 6.45) is 1.21. The minimum atomic E-state index is -1.04. The molecule has 8 N–H and O–H groups in total. The van der Waals surface area contributed by atoms with Crippen LogP contribution < -0.4 is 27.8 Å². The molecule has 0 aliphatic carbocycles. The third-order valence-electron chi connectivity index (χ3n) is 6.45. The van der Waals surface area contributed by atoms with Gasteiger partial charge in [-0.2, -0.15) is 0 Å². The van der Waals surface area contributed by atoms with E-state index < -0.39 is 42.4 Å². The Balaban J connectivity index is 2.09. The van der Waals surface area contributed by atoms with Gasteiger partial charge in [0.15, 0.2) is 18.3 Å². The second kappa shape index (κ2) is 18.1.